The van der Waals surface area contributed by atoms with Crippen molar-refractivity contribution in [3.8, 4) is 0 Å². The van der Waals surface area contributed by atoms with Gasteiger partial charge in [-0.2, -0.15) is 0 Å². The highest BCUT2D eigenvalue weighted by Gasteiger charge is 2.26. The van der Waals surface area contributed by atoms with Crippen LogP contribution < -0.4 is 4.90 Å². The third-order valence-electron chi connectivity index (χ3n) is 3.44. The number of fused-ring (bicyclic) bond motifs is 1. The summed E-state index contributed by atoms with van der Waals surface area (Å²) in [5.41, 5.74) is 2.41. The van der Waals surface area contributed by atoms with Crippen molar-refractivity contribution in [2.45, 2.75) is 6.42 Å². The maximum atomic E-state index is 12.5. The van der Waals surface area contributed by atoms with Crippen LogP contribution in [0, 0.1) is 0 Å². The molecule has 5 nitrogen and oxygen atoms in total. The molecule has 0 fully saturated rings. The van der Waals surface area contributed by atoms with Crippen molar-refractivity contribution in [3.63, 3.8) is 0 Å². The fourth-order valence-electron chi connectivity index (χ4n) is 2.40. The Morgan fingerprint density at radius 1 is 1.19 bits per heavy atom. The number of aromatic carboxylic acids is 1. The number of anilines is 1. The molecule has 21 heavy (non-hydrogen) atoms. The van der Waals surface area contributed by atoms with Gasteiger partial charge >= 0.3 is 5.97 Å². The fourth-order valence-corrected chi connectivity index (χ4v) is 2.64. The van der Waals surface area contributed by atoms with Crippen LogP contribution in [0.1, 0.15) is 26.3 Å². The Morgan fingerprint density at radius 2 is 1.95 bits per heavy atom. The summed E-state index contributed by atoms with van der Waals surface area (Å²) in [4.78, 5) is 29.2. The van der Waals surface area contributed by atoms with Gasteiger partial charge in [-0.05, 0) is 58.2 Å². The van der Waals surface area contributed by atoms with E-state index in [1.165, 1.54) is 12.3 Å². The van der Waals surface area contributed by atoms with E-state index in [1.54, 1.807) is 29.2 Å². The van der Waals surface area contributed by atoms with Gasteiger partial charge < -0.3 is 10.0 Å². The number of carbonyl (C=O) groups excluding carboxylic acids is 1. The molecular formula is C15H11BrN2O3. The summed E-state index contributed by atoms with van der Waals surface area (Å²) in [6, 6.07) is 8.27. The molecule has 0 saturated heterocycles. The first-order valence-corrected chi connectivity index (χ1v) is 7.15. The van der Waals surface area contributed by atoms with Gasteiger partial charge in [0.25, 0.3) is 5.91 Å². The maximum absolute atomic E-state index is 12.5. The summed E-state index contributed by atoms with van der Waals surface area (Å²) in [6.07, 6.45) is 2.18. The summed E-state index contributed by atoms with van der Waals surface area (Å²) >= 11 is 3.23. The number of carbonyl (C=O) groups is 2. The highest BCUT2D eigenvalue weighted by Crippen LogP contribution is 2.30. The number of hydrogen-bond acceptors (Lipinski definition) is 3. The molecule has 0 atom stereocenters. The first-order valence-electron chi connectivity index (χ1n) is 6.36. The van der Waals surface area contributed by atoms with Gasteiger partial charge in [-0.3, -0.25) is 4.79 Å². The lowest BCUT2D eigenvalue weighted by atomic mass is 10.1. The third kappa shape index (κ3) is 2.54. The van der Waals surface area contributed by atoms with Crippen molar-refractivity contribution in [3.05, 3.63) is 57.8 Å². The summed E-state index contributed by atoms with van der Waals surface area (Å²) in [5.74, 6) is -1.09. The quantitative estimate of drug-likeness (QED) is 0.848. The highest BCUT2D eigenvalue weighted by atomic mass is 79.9. The van der Waals surface area contributed by atoms with Crippen molar-refractivity contribution in [2.75, 3.05) is 11.4 Å². The van der Waals surface area contributed by atoms with Crippen molar-refractivity contribution in [2.24, 2.45) is 0 Å². The van der Waals surface area contributed by atoms with Crippen LogP contribution in [0.3, 0.4) is 0 Å². The van der Waals surface area contributed by atoms with E-state index in [2.05, 4.69) is 20.9 Å². The molecule has 0 bridgehead atoms. The molecule has 0 spiro atoms. The topological polar surface area (TPSA) is 70.5 Å². The number of pyridine rings is 1. The van der Waals surface area contributed by atoms with Crippen LogP contribution in [-0.2, 0) is 6.42 Å². The van der Waals surface area contributed by atoms with Crippen molar-refractivity contribution >= 4 is 33.5 Å². The van der Waals surface area contributed by atoms with Gasteiger partial charge in [-0.25, -0.2) is 9.78 Å². The number of halogens is 1. The number of benzene rings is 1. The van der Waals surface area contributed by atoms with Crippen LogP contribution in [0.5, 0.6) is 0 Å². The third-order valence-corrected chi connectivity index (χ3v) is 3.91. The van der Waals surface area contributed by atoms with Crippen LogP contribution in [-0.4, -0.2) is 28.5 Å². The van der Waals surface area contributed by atoms with E-state index in [0.717, 1.165) is 11.3 Å². The summed E-state index contributed by atoms with van der Waals surface area (Å²) in [5, 5.41) is 9.00. The molecular weight excluding hydrogens is 336 g/mol. The SMILES string of the molecule is O=C(O)c1ccc2c(c1)CCN2C(=O)c1ccc(Br)nc1. The minimum absolute atomic E-state index is 0.128. The number of aromatic nitrogens is 1. The lowest BCUT2D eigenvalue weighted by molar-refractivity contribution is 0.0696. The summed E-state index contributed by atoms with van der Waals surface area (Å²) < 4.78 is 0.673. The lowest BCUT2D eigenvalue weighted by Crippen LogP contribution is -2.28. The number of hydrogen-bond donors (Lipinski definition) is 1. The first kappa shape index (κ1) is 13.8. The normalized spacial score (nSPS) is 13.1. The van der Waals surface area contributed by atoms with Gasteiger partial charge in [0.15, 0.2) is 0 Å². The first-order chi connectivity index (χ1) is 10.1. The molecule has 106 valence electrons. The van der Waals surface area contributed by atoms with Crippen LogP contribution in [0.25, 0.3) is 0 Å². The lowest BCUT2D eigenvalue weighted by Gasteiger charge is -2.17. The molecule has 6 heteroatoms. The molecule has 0 saturated carbocycles. The van der Waals surface area contributed by atoms with E-state index in [1.807, 2.05) is 0 Å². The van der Waals surface area contributed by atoms with Crippen molar-refractivity contribution < 1.29 is 14.7 Å². The number of rotatable bonds is 2. The predicted molar refractivity (Wildman–Crippen MR) is 80.7 cm³/mol. The van der Waals surface area contributed by atoms with E-state index in [0.29, 0.717) is 23.1 Å². The predicted octanol–water partition coefficient (Wildman–Crippen LogP) is 2.75. The Kier molecular flexibility index (Phi) is 3.47. The smallest absolute Gasteiger partial charge is 0.335 e. The van der Waals surface area contributed by atoms with Gasteiger partial charge in [0, 0.05) is 18.4 Å². The molecule has 2 heterocycles. The largest absolute Gasteiger partial charge is 0.478 e. The standard InChI is InChI=1S/C15H11BrN2O3/c16-13-4-2-11(8-17-13)14(19)18-6-5-9-7-10(15(20)21)1-3-12(9)18/h1-4,7-8H,5-6H2,(H,20,21). The van der Waals surface area contributed by atoms with Gasteiger partial charge in [0.05, 0.1) is 11.1 Å². The highest BCUT2D eigenvalue weighted by molar-refractivity contribution is 9.10. The van der Waals surface area contributed by atoms with Gasteiger partial charge in [0.2, 0.25) is 0 Å². The molecule has 0 unspecified atom stereocenters. The molecule has 0 aliphatic carbocycles. The molecule has 1 aliphatic heterocycles. The Morgan fingerprint density at radius 3 is 2.62 bits per heavy atom. The number of amides is 1. The average Bonchev–Trinajstić information content (AvgIpc) is 2.90. The summed E-state index contributed by atoms with van der Waals surface area (Å²) in [6.45, 7) is 0.549. The van der Waals surface area contributed by atoms with Crippen molar-refractivity contribution in [1.29, 1.82) is 0 Å². The molecule has 3 rings (SSSR count). The minimum atomic E-state index is -0.959. The maximum Gasteiger partial charge on any atom is 0.335 e. The monoisotopic (exact) mass is 346 g/mol. The average molecular weight is 347 g/mol. The minimum Gasteiger partial charge on any atom is -0.478 e. The fraction of sp³-hybridized carbons (Fsp3) is 0.133. The van der Waals surface area contributed by atoms with Crippen LogP contribution >= 0.6 is 15.9 Å². The van der Waals surface area contributed by atoms with Crippen LogP contribution in [0.15, 0.2) is 41.1 Å². The number of carboxylic acids is 1. The zero-order valence-corrected chi connectivity index (χ0v) is 12.5. The molecule has 2 aromatic rings. The number of carboxylic acid groups (broad SMARTS) is 1. The van der Waals surface area contributed by atoms with Gasteiger partial charge in [-0.15, -0.1) is 0 Å². The zero-order valence-electron chi connectivity index (χ0n) is 10.9. The zero-order chi connectivity index (χ0) is 15.0. The Labute approximate surface area is 129 Å². The molecule has 1 N–H and O–H groups in total. The second kappa shape index (κ2) is 5.29. The molecule has 1 aromatic carbocycles. The molecule has 1 aliphatic rings. The van der Waals surface area contributed by atoms with Crippen LogP contribution in [0.4, 0.5) is 5.69 Å². The van der Waals surface area contributed by atoms with Crippen LogP contribution in [0.2, 0.25) is 0 Å². The molecule has 0 radical (unpaired) electrons. The molecule has 1 amide bonds. The van der Waals surface area contributed by atoms with E-state index in [-0.39, 0.29) is 11.5 Å². The van der Waals surface area contributed by atoms with E-state index < -0.39 is 5.97 Å². The Hall–Kier alpha value is -2.21. The van der Waals surface area contributed by atoms with Crippen molar-refractivity contribution in [1.82, 2.24) is 4.98 Å². The summed E-state index contributed by atoms with van der Waals surface area (Å²) in [7, 11) is 0. The Balaban J connectivity index is 1.92. The Bertz CT molecular complexity index is 728. The number of nitrogens with zero attached hydrogens (tertiary/aromatic N) is 2. The van der Waals surface area contributed by atoms with E-state index in [4.69, 9.17) is 5.11 Å². The van der Waals surface area contributed by atoms with Gasteiger partial charge in [0.1, 0.15) is 4.60 Å². The second-order valence-electron chi connectivity index (χ2n) is 4.73. The van der Waals surface area contributed by atoms with E-state index in [9.17, 15) is 9.59 Å². The second-order valence-corrected chi connectivity index (χ2v) is 5.54. The van der Waals surface area contributed by atoms with E-state index >= 15 is 0 Å². The van der Waals surface area contributed by atoms with Gasteiger partial charge in [-0.1, -0.05) is 0 Å². The molecule has 1 aromatic heterocycles.